The lowest BCUT2D eigenvalue weighted by Crippen LogP contribution is -2.70. The highest BCUT2D eigenvalue weighted by atomic mass is 35.5. The summed E-state index contributed by atoms with van der Waals surface area (Å²) in [4.78, 5) is 16.6. The molecule has 1 saturated carbocycles. The summed E-state index contributed by atoms with van der Waals surface area (Å²) in [6, 6.07) is 7.88. The molecule has 5 heterocycles. The SMILES string of the molecule is C[C@H]1[C@@H](CCNCCCCNc2ccnc3cc(Cl)ccc23)O[C@@H]2O[C@@]3(C)CC[C@H]4[C@H](C)CC[C@@H]1[C@@]24OO3. The minimum absolute atomic E-state index is 0.166. The van der Waals surface area contributed by atoms with Crippen LogP contribution in [0.1, 0.15) is 65.7 Å². The van der Waals surface area contributed by atoms with E-state index in [4.69, 9.17) is 30.8 Å². The molecule has 8 atom stereocenters. The average Bonchev–Trinajstić information content (AvgIpc) is 3.14. The maximum Gasteiger partial charge on any atom is 0.201 e. The Morgan fingerprint density at radius 1 is 1.03 bits per heavy atom. The van der Waals surface area contributed by atoms with E-state index in [0.29, 0.717) is 28.7 Å². The molecule has 7 rings (SSSR count). The molecule has 4 saturated heterocycles. The van der Waals surface area contributed by atoms with Crippen LogP contribution in [0.15, 0.2) is 30.5 Å². The van der Waals surface area contributed by atoms with Crippen LogP contribution in [0.2, 0.25) is 5.02 Å². The first-order valence-corrected chi connectivity index (χ1v) is 15.0. The number of nitrogens with one attached hydrogen (secondary N) is 2. The maximum atomic E-state index is 6.70. The number of fused-ring (bicyclic) bond motifs is 3. The van der Waals surface area contributed by atoms with E-state index in [9.17, 15) is 0 Å². The number of halogens is 1. The Morgan fingerprint density at radius 3 is 2.79 bits per heavy atom. The molecule has 2 N–H and O–H groups in total. The molecule has 0 amide bonds. The summed E-state index contributed by atoms with van der Waals surface area (Å²) in [5.41, 5.74) is 1.57. The molecule has 5 aliphatic rings. The third-order valence-corrected chi connectivity index (χ3v) is 9.94. The molecule has 8 heteroatoms. The topological polar surface area (TPSA) is 73.9 Å². The van der Waals surface area contributed by atoms with Crippen molar-refractivity contribution in [2.24, 2.45) is 23.7 Å². The van der Waals surface area contributed by atoms with Gasteiger partial charge in [-0.05, 0) is 101 Å². The Morgan fingerprint density at radius 2 is 1.89 bits per heavy atom. The normalized spacial score (nSPS) is 38.1. The van der Waals surface area contributed by atoms with Crippen molar-refractivity contribution in [2.75, 3.05) is 25.0 Å². The van der Waals surface area contributed by atoms with Gasteiger partial charge in [-0.15, -0.1) is 0 Å². The number of anilines is 1. The van der Waals surface area contributed by atoms with E-state index < -0.39 is 11.4 Å². The van der Waals surface area contributed by atoms with E-state index in [1.54, 1.807) is 0 Å². The molecule has 1 aromatic heterocycles. The second-order valence-electron chi connectivity index (χ2n) is 12.1. The molecule has 0 unspecified atom stereocenters. The van der Waals surface area contributed by atoms with Crippen molar-refractivity contribution in [2.45, 2.75) is 89.5 Å². The molecule has 5 fully saturated rings. The Kier molecular flexibility index (Phi) is 7.62. The number of unbranched alkanes of at least 4 members (excludes halogenated alkanes) is 1. The van der Waals surface area contributed by atoms with Crippen LogP contribution in [0.25, 0.3) is 10.9 Å². The number of hydrogen-bond acceptors (Lipinski definition) is 7. The lowest BCUT2D eigenvalue weighted by molar-refractivity contribution is -0.571. The maximum absolute atomic E-state index is 6.70. The molecule has 1 aromatic carbocycles. The van der Waals surface area contributed by atoms with Crippen molar-refractivity contribution in [3.05, 3.63) is 35.5 Å². The van der Waals surface area contributed by atoms with Gasteiger partial charge in [-0.3, -0.25) is 4.98 Å². The third-order valence-electron chi connectivity index (χ3n) is 9.70. The van der Waals surface area contributed by atoms with Crippen molar-refractivity contribution in [3.8, 4) is 0 Å². The number of pyridine rings is 1. The quantitative estimate of drug-likeness (QED) is 0.283. The smallest absolute Gasteiger partial charge is 0.201 e. The number of aromatic nitrogens is 1. The second-order valence-corrected chi connectivity index (χ2v) is 12.6. The summed E-state index contributed by atoms with van der Waals surface area (Å²) in [5.74, 6) is 1.13. The summed E-state index contributed by atoms with van der Waals surface area (Å²) in [6.07, 6.45) is 9.18. The van der Waals surface area contributed by atoms with Gasteiger partial charge in [-0.25, -0.2) is 9.78 Å². The van der Waals surface area contributed by atoms with Crippen LogP contribution in [-0.4, -0.2) is 48.4 Å². The molecular formula is C30H42ClN3O4. The minimum Gasteiger partial charge on any atom is -0.384 e. The summed E-state index contributed by atoms with van der Waals surface area (Å²) in [5, 5.41) is 9.02. The minimum atomic E-state index is -0.704. The van der Waals surface area contributed by atoms with Gasteiger partial charge in [0.1, 0.15) is 0 Å². The van der Waals surface area contributed by atoms with E-state index in [2.05, 4.69) is 29.5 Å². The fourth-order valence-corrected chi connectivity index (χ4v) is 7.72. The van der Waals surface area contributed by atoms with Gasteiger partial charge >= 0.3 is 0 Å². The van der Waals surface area contributed by atoms with Gasteiger partial charge in [0.05, 0.1) is 11.6 Å². The van der Waals surface area contributed by atoms with Crippen molar-refractivity contribution in [3.63, 3.8) is 0 Å². The van der Waals surface area contributed by atoms with Crippen molar-refractivity contribution < 1.29 is 19.2 Å². The molecule has 38 heavy (non-hydrogen) atoms. The average molecular weight is 544 g/mol. The lowest BCUT2D eigenvalue weighted by atomic mass is 9.57. The zero-order chi connectivity index (χ0) is 26.3. The number of benzene rings is 1. The molecule has 1 aliphatic carbocycles. The van der Waals surface area contributed by atoms with E-state index in [0.717, 1.165) is 74.7 Å². The third kappa shape index (κ3) is 4.84. The van der Waals surface area contributed by atoms with E-state index in [1.807, 2.05) is 37.4 Å². The van der Waals surface area contributed by atoms with Crippen LogP contribution < -0.4 is 10.6 Å². The summed E-state index contributed by atoms with van der Waals surface area (Å²) in [7, 11) is 0. The molecule has 0 radical (unpaired) electrons. The molecule has 2 aromatic rings. The summed E-state index contributed by atoms with van der Waals surface area (Å²) in [6.45, 7) is 9.57. The Bertz CT molecular complexity index is 1140. The van der Waals surface area contributed by atoms with Crippen LogP contribution in [0, 0.1) is 23.7 Å². The number of ether oxygens (including phenoxy) is 2. The predicted octanol–water partition coefficient (Wildman–Crippen LogP) is 6.31. The fourth-order valence-electron chi connectivity index (χ4n) is 7.55. The van der Waals surface area contributed by atoms with Crippen molar-refractivity contribution >= 4 is 28.2 Å². The highest BCUT2D eigenvalue weighted by molar-refractivity contribution is 6.31. The van der Waals surface area contributed by atoms with Gasteiger partial charge in [0.25, 0.3) is 0 Å². The van der Waals surface area contributed by atoms with Crippen LogP contribution in [-0.2, 0) is 19.2 Å². The number of rotatable bonds is 9. The Labute approximate surface area is 231 Å². The zero-order valence-electron chi connectivity index (χ0n) is 22.9. The fraction of sp³-hybridized carbons (Fsp3) is 0.700. The Balaban J connectivity index is 0.967. The van der Waals surface area contributed by atoms with Gasteiger partial charge < -0.3 is 20.1 Å². The second kappa shape index (κ2) is 10.8. The molecular weight excluding hydrogens is 502 g/mol. The van der Waals surface area contributed by atoms with E-state index in [1.165, 1.54) is 6.42 Å². The van der Waals surface area contributed by atoms with Crippen LogP contribution in [0.4, 0.5) is 5.69 Å². The van der Waals surface area contributed by atoms with Crippen molar-refractivity contribution in [1.29, 1.82) is 0 Å². The molecule has 4 aliphatic heterocycles. The van der Waals surface area contributed by atoms with Gasteiger partial charge in [0.15, 0.2) is 11.9 Å². The largest absolute Gasteiger partial charge is 0.384 e. The molecule has 208 valence electrons. The zero-order valence-corrected chi connectivity index (χ0v) is 23.6. The van der Waals surface area contributed by atoms with Gasteiger partial charge in [0.2, 0.25) is 5.79 Å². The highest BCUT2D eigenvalue weighted by Gasteiger charge is 2.69. The lowest BCUT2D eigenvalue weighted by Gasteiger charge is -2.60. The van der Waals surface area contributed by atoms with Crippen LogP contribution in [0.3, 0.4) is 0 Å². The first-order valence-electron chi connectivity index (χ1n) is 14.6. The Hall–Kier alpha value is -1.48. The number of hydrogen-bond donors (Lipinski definition) is 2. The van der Waals surface area contributed by atoms with Gasteiger partial charge in [-0.2, -0.15) is 0 Å². The first-order chi connectivity index (χ1) is 18.4. The molecule has 1 spiro atoms. The first kappa shape index (κ1) is 26.7. The molecule has 2 bridgehead atoms. The van der Waals surface area contributed by atoms with E-state index in [-0.39, 0.29) is 12.4 Å². The summed E-state index contributed by atoms with van der Waals surface area (Å²) < 4.78 is 13.2. The molecule has 7 nitrogen and oxygen atoms in total. The number of nitrogens with zero attached hydrogens (tertiary/aromatic N) is 1. The van der Waals surface area contributed by atoms with Crippen molar-refractivity contribution in [1.82, 2.24) is 10.3 Å². The van der Waals surface area contributed by atoms with Gasteiger partial charge in [-0.1, -0.05) is 25.4 Å². The van der Waals surface area contributed by atoms with Crippen LogP contribution in [0.5, 0.6) is 0 Å². The predicted molar refractivity (Wildman–Crippen MR) is 149 cm³/mol. The van der Waals surface area contributed by atoms with Gasteiger partial charge in [0, 0.05) is 41.2 Å². The standard InChI is InChI=1S/C30H42ClN3O4/c1-19-6-9-24-20(2)27(35-28-30(24)23(19)10-13-29(3,36-28)37-38-30)12-16-32-14-4-5-15-33-25-11-17-34-26-18-21(31)7-8-22(25)26/h7-8,11,17-20,23-24,27-28,32H,4-6,9-10,12-16H2,1-3H3,(H,33,34)/t19-,20-,23+,24+,27-,28-,29-,30-/m1/s1. The monoisotopic (exact) mass is 543 g/mol. The summed E-state index contributed by atoms with van der Waals surface area (Å²) >= 11 is 6.11. The van der Waals surface area contributed by atoms with E-state index >= 15 is 0 Å². The van der Waals surface area contributed by atoms with Crippen LogP contribution >= 0.6 is 11.6 Å². The highest BCUT2D eigenvalue weighted by Crippen LogP contribution is 2.60.